The SMILES string of the molecule is COc1ccc(-c2c(N3CC(O)C3)n[nH]c2C)cn1. The Morgan fingerprint density at radius 2 is 2.21 bits per heavy atom. The number of β-amino-alcohol motifs (C(OH)–C–C–N with tert-alkyl or cyclic N) is 1. The van der Waals surface area contributed by atoms with Crippen molar-refractivity contribution in [1.82, 2.24) is 15.2 Å². The second kappa shape index (κ2) is 4.55. The fourth-order valence-corrected chi connectivity index (χ4v) is 2.27. The molecule has 1 fully saturated rings. The summed E-state index contributed by atoms with van der Waals surface area (Å²) < 4.78 is 5.06. The zero-order chi connectivity index (χ0) is 13.4. The summed E-state index contributed by atoms with van der Waals surface area (Å²) in [5.74, 6) is 1.46. The second-order valence-electron chi connectivity index (χ2n) is 4.70. The Labute approximate surface area is 111 Å². The zero-order valence-corrected chi connectivity index (χ0v) is 10.9. The monoisotopic (exact) mass is 260 g/mol. The lowest BCUT2D eigenvalue weighted by molar-refractivity contribution is 0.141. The van der Waals surface area contributed by atoms with E-state index >= 15 is 0 Å². The van der Waals surface area contributed by atoms with Crippen LogP contribution in [0.1, 0.15) is 5.69 Å². The predicted molar refractivity (Wildman–Crippen MR) is 71.3 cm³/mol. The smallest absolute Gasteiger partial charge is 0.212 e. The highest BCUT2D eigenvalue weighted by Crippen LogP contribution is 2.34. The second-order valence-corrected chi connectivity index (χ2v) is 4.70. The summed E-state index contributed by atoms with van der Waals surface area (Å²) in [6.07, 6.45) is 1.52. The molecule has 0 saturated carbocycles. The number of aromatic nitrogens is 3. The molecule has 0 radical (unpaired) electrons. The maximum atomic E-state index is 9.41. The number of H-pyrrole nitrogens is 1. The van der Waals surface area contributed by atoms with Crippen molar-refractivity contribution < 1.29 is 9.84 Å². The standard InChI is InChI=1S/C13H16N4O2/c1-8-12(9-3-4-11(19-2)14-5-9)13(16-15-8)17-6-10(18)7-17/h3-5,10,18H,6-7H2,1-2H3,(H,15,16). The molecule has 6 nitrogen and oxygen atoms in total. The number of aromatic amines is 1. The Balaban J connectivity index is 1.96. The normalized spacial score (nSPS) is 15.4. The molecule has 0 aliphatic carbocycles. The van der Waals surface area contributed by atoms with Gasteiger partial charge in [-0.1, -0.05) is 0 Å². The van der Waals surface area contributed by atoms with E-state index in [-0.39, 0.29) is 6.10 Å². The number of pyridine rings is 1. The van der Waals surface area contributed by atoms with Gasteiger partial charge in [0.1, 0.15) is 0 Å². The first kappa shape index (κ1) is 12.0. The minimum atomic E-state index is -0.251. The number of hydrogen-bond acceptors (Lipinski definition) is 5. The molecule has 1 aliphatic rings. The third-order valence-corrected chi connectivity index (χ3v) is 3.32. The van der Waals surface area contributed by atoms with Crippen molar-refractivity contribution in [2.45, 2.75) is 13.0 Å². The number of nitrogens with zero attached hydrogens (tertiary/aromatic N) is 3. The van der Waals surface area contributed by atoms with Crippen molar-refractivity contribution in [2.75, 3.05) is 25.1 Å². The van der Waals surface area contributed by atoms with Gasteiger partial charge < -0.3 is 14.7 Å². The Hall–Kier alpha value is -2.08. The number of methoxy groups -OCH3 is 1. The van der Waals surface area contributed by atoms with Crippen molar-refractivity contribution in [3.63, 3.8) is 0 Å². The summed E-state index contributed by atoms with van der Waals surface area (Å²) in [4.78, 5) is 6.27. The third-order valence-electron chi connectivity index (χ3n) is 3.32. The minimum absolute atomic E-state index is 0.251. The molecule has 0 unspecified atom stereocenters. The van der Waals surface area contributed by atoms with Crippen LogP contribution in [0, 0.1) is 6.92 Å². The van der Waals surface area contributed by atoms with Crippen molar-refractivity contribution in [3.05, 3.63) is 24.0 Å². The summed E-state index contributed by atoms with van der Waals surface area (Å²) >= 11 is 0. The molecule has 3 rings (SSSR count). The average molecular weight is 260 g/mol. The van der Waals surface area contributed by atoms with Crippen molar-refractivity contribution in [1.29, 1.82) is 0 Å². The van der Waals surface area contributed by atoms with Crippen molar-refractivity contribution in [3.8, 4) is 17.0 Å². The van der Waals surface area contributed by atoms with Crippen LogP contribution in [-0.4, -0.2) is 46.6 Å². The van der Waals surface area contributed by atoms with Crippen LogP contribution in [-0.2, 0) is 0 Å². The number of nitrogens with one attached hydrogen (secondary N) is 1. The Bertz CT molecular complexity index is 573. The minimum Gasteiger partial charge on any atom is -0.481 e. The van der Waals surface area contributed by atoms with Gasteiger partial charge >= 0.3 is 0 Å². The molecular weight excluding hydrogens is 244 g/mol. The average Bonchev–Trinajstić information content (AvgIpc) is 2.77. The molecule has 2 N–H and O–H groups in total. The molecule has 100 valence electrons. The predicted octanol–water partition coefficient (Wildman–Crippen LogP) is 0.970. The molecule has 0 aromatic carbocycles. The van der Waals surface area contributed by atoms with Crippen LogP contribution in [0.3, 0.4) is 0 Å². The molecule has 0 amide bonds. The van der Waals surface area contributed by atoms with E-state index in [1.807, 2.05) is 24.0 Å². The van der Waals surface area contributed by atoms with Crippen LogP contribution in [0.2, 0.25) is 0 Å². The van der Waals surface area contributed by atoms with Crippen LogP contribution in [0.5, 0.6) is 5.88 Å². The van der Waals surface area contributed by atoms with Gasteiger partial charge in [0.25, 0.3) is 0 Å². The number of aliphatic hydroxyl groups is 1. The molecule has 19 heavy (non-hydrogen) atoms. The van der Waals surface area contributed by atoms with E-state index in [0.29, 0.717) is 19.0 Å². The van der Waals surface area contributed by atoms with Gasteiger partial charge in [0.15, 0.2) is 5.82 Å². The van der Waals surface area contributed by atoms with Crippen LogP contribution in [0.4, 0.5) is 5.82 Å². The van der Waals surface area contributed by atoms with Crippen LogP contribution < -0.4 is 9.64 Å². The largest absolute Gasteiger partial charge is 0.481 e. The van der Waals surface area contributed by atoms with Gasteiger partial charge in [0.05, 0.1) is 13.2 Å². The molecule has 6 heteroatoms. The first-order valence-corrected chi connectivity index (χ1v) is 6.17. The summed E-state index contributed by atoms with van der Waals surface area (Å²) in [7, 11) is 1.60. The fourth-order valence-electron chi connectivity index (χ4n) is 2.27. The molecule has 0 spiro atoms. The van der Waals surface area contributed by atoms with Crippen LogP contribution >= 0.6 is 0 Å². The van der Waals surface area contributed by atoms with E-state index in [0.717, 1.165) is 22.6 Å². The van der Waals surface area contributed by atoms with Gasteiger partial charge in [-0.2, -0.15) is 5.10 Å². The Morgan fingerprint density at radius 3 is 2.79 bits per heavy atom. The molecule has 1 aliphatic heterocycles. The number of rotatable bonds is 3. The molecule has 2 aromatic heterocycles. The lowest BCUT2D eigenvalue weighted by Crippen LogP contribution is -2.51. The number of aliphatic hydroxyl groups excluding tert-OH is 1. The molecule has 2 aromatic rings. The zero-order valence-electron chi connectivity index (χ0n) is 10.9. The maximum absolute atomic E-state index is 9.41. The topological polar surface area (TPSA) is 74.3 Å². The Morgan fingerprint density at radius 1 is 1.42 bits per heavy atom. The van der Waals surface area contributed by atoms with E-state index in [1.54, 1.807) is 13.3 Å². The first-order chi connectivity index (χ1) is 9.19. The first-order valence-electron chi connectivity index (χ1n) is 6.17. The summed E-state index contributed by atoms with van der Waals surface area (Å²) in [6.45, 7) is 3.23. The van der Waals surface area contributed by atoms with Crippen LogP contribution in [0.25, 0.3) is 11.1 Å². The summed E-state index contributed by atoms with van der Waals surface area (Å²) in [6, 6.07) is 3.79. The molecule has 1 saturated heterocycles. The van der Waals surface area contributed by atoms with Crippen molar-refractivity contribution >= 4 is 5.82 Å². The van der Waals surface area contributed by atoms with Gasteiger partial charge in [0.2, 0.25) is 5.88 Å². The maximum Gasteiger partial charge on any atom is 0.212 e. The van der Waals surface area contributed by atoms with Crippen LogP contribution in [0.15, 0.2) is 18.3 Å². The van der Waals surface area contributed by atoms with Gasteiger partial charge in [0, 0.05) is 42.2 Å². The Kier molecular flexibility index (Phi) is 2.87. The highest BCUT2D eigenvalue weighted by Gasteiger charge is 2.29. The van der Waals surface area contributed by atoms with E-state index in [2.05, 4.69) is 15.2 Å². The van der Waals surface area contributed by atoms with Gasteiger partial charge in [-0.05, 0) is 13.0 Å². The molecule has 0 bridgehead atoms. The van der Waals surface area contributed by atoms with Gasteiger partial charge in [-0.3, -0.25) is 5.10 Å². The van der Waals surface area contributed by atoms with Gasteiger partial charge in [-0.25, -0.2) is 4.98 Å². The van der Waals surface area contributed by atoms with E-state index < -0.39 is 0 Å². The highest BCUT2D eigenvalue weighted by atomic mass is 16.5. The lowest BCUT2D eigenvalue weighted by atomic mass is 10.1. The van der Waals surface area contributed by atoms with E-state index in [1.165, 1.54) is 0 Å². The van der Waals surface area contributed by atoms with E-state index in [4.69, 9.17) is 4.74 Å². The quantitative estimate of drug-likeness (QED) is 0.860. The summed E-state index contributed by atoms with van der Waals surface area (Å²) in [5, 5.41) is 16.7. The number of ether oxygens (including phenoxy) is 1. The molecular formula is C13H16N4O2. The molecule has 3 heterocycles. The summed E-state index contributed by atoms with van der Waals surface area (Å²) in [5.41, 5.74) is 3.01. The van der Waals surface area contributed by atoms with E-state index in [9.17, 15) is 5.11 Å². The number of anilines is 1. The number of aryl methyl sites for hydroxylation is 1. The number of hydrogen-bond donors (Lipinski definition) is 2. The molecule has 0 atom stereocenters. The fraction of sp³-hybridized carbons (Fsp3) is 0.385. The van der Waals surface area contributed by atoms with Crippen molar-refractivity contribution in [2.24, 2.45) is 0 Å². The lowest BCUT2D eigenvalue weighted by Gasteiger charge is -2.36. The third kappa shape index (κ3) is 2.04. The van der Waals surface area contributed by atoms with Gasteiger partial charge in [-0.15, -0.1) is 0 Å². The highest BCUT2D eigenvalue weighted by molar-refractivity contribution is 5.78.